The average molecular weight is 902 g/mol. The largest absolute Gasteiger partial charge is 0.481 e. The third-order valence-corrected chi connectivity index (χ3v) is 13.9. The van der Waals surface area contributed by atoms with E-state index in [0.717, 1.165) is 25.7 Å². The fraction of sp³-hybridized carbons (Fsp3) is 0.933. The van der Waals surface area contributed by atoms with Crippen LogP contribution in [0.1, 0.15) is 354 Å². The van der Waals surface area contributed by atoms with E-state index in [4.69, 9.17) is 9.84 Å². The number of hydrogen-bond donors (Lipinski definition) is 1. The summed E-state index contributed by atoms with van der Waals surface area (Å²) >= 11 is 0. The Labute approximate surface area is 402 Å². The second kappa shape index (κ2) is 57.8. The van der Waals surface area contributed by atoms with Gasteiger partial charge in [0.15, 0.2) is 0 Å². The van der Waals surface area contributed by atoms with Crippen LogP contribution in [0.25, 0.3) is 0 Å². The first-order valence-corrected chi connectivity index (χ1v) is 29.7. The molecule has 0 heterocycles. The molecular formula is C60H116O4. The van der Waals surface area contributed by atoms with Gasteiger partial charge in [0, 0.05) is 12.8 Å². The number of carbonyl (C=O) groups is 2. The van der Waals surface area contributed by atoms with Gasteiger partial charge in [-0.1, -0.05) is 308 Å². The maximum atomic E-state index is 12.1. The molecule has 0 saturated heterocycles. The Hall–Kier alpha value is -1.32. The third kappa shape index (κ3) is 58.7. The molecule has 4 heteroatoms. The number of carboxylic acid groups (broad SMARTS) is 1. The molecule has 0 bridgehead atoms. The highest BCUT2D eigenvalue weighted by molar-refractivity contribution is 5.69. The Bertz CT molecular complexity index is 913. The summed E-state index contributed by atoms with van der Waals surface area (Å²) in [5, 5.41) is 8.68. The van der Waals surface area contributed by atoms with Crippen molar-refractivity contribution in [1.29, 1.82) is 0 Å². The van der Waals surface area contributed by atoms with E-state index in [1.807, 2.05) is 0 Å². The summed E-state index contributed by atoms with van der Waals surface area (Å²) in [5.74, 6) is -0.626. The Balaban J connectivity index is 3.15. The molecule has 0 spiro atoms. The van der Waals surface area contributed by atoms with Crippen LogP contribution in [0.3, 0.4) is 0 Å². The normalized spacial score (nSPS) is 11.6. The highest BCUT2D eigenvalue weighted by Crippen LogP contribution is 2.18. The van der Waals surface area contributed by atoms with E-state index in [9.17, 15) is 9.59 Å². The summed E-state index contributed by atoms with van der Waals surface area (Å²) in [4.78, 5) is 22.6. The Morgan fingerprint density at radius 1 is 0.297 bits per heavy atom. The molecule has 1 N–H and O–H groups in total. The first-order valence-electron chi connectivity index (χ1n) is 29.7. The van der Waals surface area contributed by atoms with Crippen LogP contribution >= 0.6 is 0 Å². The van der Waals surface area contributed by atoms with Gasteiger partial charge < -0.3 is 9.84 Å². The lowest BCUT2D eigenvalue weighted by molar-refractivity contribution is -0.144. The highest BCUT2D eigenvalue weighted by Gasteiger charge is 2.04. The molecule has 0 aliphatic carbocycles. The number of unbranched alkanes of at least 4 members (excludes halogenated alkanes) is 49. The molecule has 0 aromatic carbocycles. The van der Waals surface area contributed by atoms with Crippen LogP contribution in [-0.2, 0) is 14.3 Å². The summed E-state index contributed by atoms with van der Waals surface area (Å²) < 4.78 is 5.50. The third-order valence-electron chi connectivity index (χ3n) is 13.9. The van der Waals surface area contributed by atoms with Gasteiger partial charge in [0.2, 0.25) is 0 Å². The van der Waals surface area contributed by atoms with Gasteiger partial charge in [-0.05, 0) is 44.9 Å². The van der Waals surface area contributed by atoms with Crippen LogP contribution in [0, 0.1) is 0 Å². The number of allylic oxidation sites excluding steroid dienone is 2. The minimum Gasteiger partial charge on any atom is -0.481 e. The predicted octanol–water partition coefficient (Wildman–Crippen LogP) is 21.3. The number of hydrogen-bond acceptors (Lipinski definition) is 3. The number of esters is 1. The van der Waals surface area contributed by atoms with E-state index >= 15 is 0 Å². The van der Waals surface area contributed by atoms with Crippen molar-refractivity contribution in [3.63, 3.8) is 0 Å². The standard InChI is InChI=1S/C60H116O4/c1-2-3-4-5-6-7-8-9-10-11-29-33-36-39-42-45-48-51-54-57-60(63)64-58-55-52-49-46-43-40-37-34-31-28-26-24-22-20-18-16-14-12-13-15-17-19-21-23-25-27-30-32-35-38-41-44-47-50-53-56-59(61)62/h9-10H,2-8,11-58H2,1H3,(H,61,62). The Morgan fingerprint density at radius 2 is 0.516 bits per heavy atom. The smallest absolute Gasteiger partial charge is 0.305 e. The molecule has 0 unspecified atom stereocenters. The van der Waals surface area contributed by atoms with Crippen molar-refractivity contribution in [2.45, 2.75) is 354 Å². The SMILES string of the molecule is CCCCCCCCC=CCCCCCCCCCCCC(=O)OCCCCCCCCCCCCCCCCCCCCCCCCCCCCCCCCCCCCCC(=O)O. The van der Waals surface area contributed by atoms with Gasteiger partial charge in [0.1, 0.15) is 0 Å². The molecule has 0 radical (unpaired) electrons. The fourth-order valence-electron chi connectivity index (χ4n) is 9.52. The zero-order valence-corrected chi connectivity index (χ0v) is 43.7. The predicted molar refractivity (Wildman–Crippen MR) is 283 cm³/mol. The second-order valence-electron chi connectivity index (χ2n) is 20.5. The molecule has 380 valence electrons. The van der Waals surface area contributed by atoms with Gasteiger partial charge in [-0.25, -0.2) is 0 Å². The first kappa shape index (κ1) is 62.7. The first-order chi connectivity index (χ1) is 31.7. The topological polar surface area (TPSA) is 63.6 Å². The van der Waals surface area contributed by atoms with Crippen LogP contribution in [0.4, 0.5) is 0 Å². The highest BCUT2D eigenvalue weighted by atomic mass is 16.5. The van der Waals surface area contributed by atoms with E-state index < -0.39 is 5.97 Å². The molecule has 0 aliphatic rings. The summed E-state index contributed by atoms with van der Waals surface area (Å²) in [7, 11) is 0. The van der Waals surface area contributed by atoms with Crippen molar-refractivity contribution in [2.75, 3.05) is 6.61 Å². The van der Waals surface area contributed by atoms with Gasteiger partial charge in [-0.2, -0.15) is 0 Å². The van der Waals surface area contributed by atoms with Gasteiger partial charge in [0.05, 0.1) is 6.61 Å². The van der Waals surface area contributed by atoms with Crippen molar-refractivity contribution >= 4 is 11.9 Å². The monoisotopic (exact) mass is 901 g/mol. The number of carboxylic acids is 1. The number of carbonyl (C=O) groups excluding carboxylic acids is 1. The molecule has 0 fully saturated rings. The van der Waals surface area contributed by atoms with E-state index in [1.165, 1.54) is 308 Å². The minimum atomic E-state index is -0.650. The molecule has 0 atom stereocenters. The summed E-state index contributed by atoms with van der Waals surface area (Å²) in [6.45, 7) is 2.91. The molecule has 0 amide bonds. The second-order valence-corrected chi connectivity index (χ2v) is 20.5. The molecule has 0 aliphatic heterocycles. The number of aliphatic carboxylic acids is 1. The van der Waals surface area contributed by atoms with Crippen LogP contribution in [0.2, 0.25) is 0 Å². The molecule has 0 saturated carbocycles. The molecule has 4 nitrogen and oxygen atoms in total. The Kier molecular flexibility index (Phi) is 56.6. The average Bonchev–Trinajstić information content (AvgIpc) is 3.29. The van der Waals surface area contributed by atoms with Crippen LogP contribution < -0.4 is 0 Å². The zero-order chi connectivity index (χ0) is 46.2. The summed E-state index contributed by atoms with van der Waals surface area (Å²) in [6.07, 6.45) is 76.3. The van der Waals surface area contributed by atoms with Crippen molar-refractivity contribution in [2.24, 2.45) is 0 Å². The summed E-state index contributed by atoms with van der Waals surface area (Å²) in [5.41, 5.74) is 0. The molecule has 64 heavy (non-hydrogen) atoms. The van der Waals surface area contributed by atoms with Gasteiger partial charge >= 0.3 is 11.9 Å². The lowest BCUT2D eigenvalue weighted by atomic mass is 10.0. The van der Waals surface area contributed by atoms with Crippen LogP contribution in [0.15, 0.2) is 12.2 Å². The molecular weight excluding hydrogens is 785 g/mol. The van der Waals surface area contributed by atoms with E-state index in [2.05, 4.69) is 19.1 Å². The molecule has 0 aromatic rings. The number of ether oxygens (including phenoxy) is 1. The van der Waals surface area contributed by atoms with E-state index in [1.54, 1.807) is 0 Å². The van der Waals surface area contributed by atoms with Crippen molar-refractivity contribution < 1.29 is 19.4 Å². The lowest BCUT2D eigenvalue weighted by Gasteiger charge is -2.06. The summed E-state index contributed by atoms with van der Waals surface area (Å²) in [6, 6.07) is 0. The fourth-order valence-corrected chi connectivity index (χ4v) is 9.52. The van der Waals surface area contributed by atoms with Crippen molar-refractivity contribution in [3.05, 3.63) is 12.2 Å². The van der Waals surface area contributed by atoms with Crippen molar-refractivity contribution in [1.82, 2.24) is 0 Å². The van der Waals surface area contributed by atoms with Crippen LogP contribution in [-0.4, -0.2) is 23.7 Å². The minimum absolute atomic E-state index is 0.0244. The lowest BCUT2D eigenvalue weighted by Crippen LogP contribution is -2.05. The Morgan fingerprint density at radius 3 is 0.781 bits per heavy atom. The van der Waals surface area contributed by atoms with E-state index in [-0.39, 0.29) is 5.97 Å². The number of rotatable bonds is 57. The van der Waals surface area contributed by atoms with Gasteiger partial charge in [0.25, 0.3) is 0 Å². The van der Waals surface area contributed by atoms with E-state index in [0.29, 0.717) is 19.4 Å². The maximum absolute atomic E-state index is 12.1. The van der Waals surface area contributed by atoms with Crippen molar-refractivity contribution in [3.8, 4) is 0 Å². The van der Waals surface area contributed by atoms with Crippen LogP contribution in [0.5, 0.6) is 0 Å². The molecule has 0 aromatic heterocycles. The quantitative estimate of drug-likeness (QED) is 0.0375. The maximum Gasteiger partial charge on any atom is 0.305 e. The van der Waals surface area contributed by atoms with Gasteiger partial charge in [-0.3, -0.25) is 9.59 Å². The van der Waals surface area contributed by atoms with Gasteiger partial charge in [-0.15, -0.1) is 0 Å². The zero-order valence-electron chi connectivity index (χ0n) is 43.7. The molecule has 0 rings (SSSR count).